The minimum atomic E-state index is -3.84. The van der Waals surface area contributed by atoms with Crippen molar-refractivity contribution >= 4 is 50.6 Å². The Labute approximate surface area is 174 Å². The Bertz CT molecular complexity index is 910. The first-order chi connectivity index (χ1) is 12.8. The van der Waals surface area contributed by atoms with Gasteiger partial charge in [-0.3, -0.25) is 19.2 Å². The zero-order valence-electron chi connectivity index (χ0n) is 15.6. The molecule has 0 radical (unpaired) electrons. The third-order valence-electron chi connectivity index (χ3n) is 4.61. The molecule has 1 fully saturated rings. The third kappa shape index (κ3) is 5.19. The average molecular weight is 447 g/mol. The van der Waals surface area contributed by atoms with E-state index in [1.807, 2.05) is 11.9 Å². The van der Waals surface area contributed by atoms with Crippen molar-refractivity contribution in [2.24, 2.45) is 5.92 Å². The predicted octanol–water partition coefficient (Wildman–Crippen LogP) is 1.28. The summed E-state index contributed by atoms with van der Waals surface area (Å²) in [6, 6.07) is 0. The van der Waals surface area contributed by atoms with Gasteiger partial charge in [-0.25, -0.2) is 13.4 Å². The molecule has 154 valence electrons. The van der Waals surface area contributed by atoms with Crippen molar-refractivity contribution in [3.05, 3.63) is 34.2 Å². The Morgan fingerprint density at radius 3 is 2.79 bits per heavy atom. The number of likely N-dealkylation sites (N-methyl/N-ethyl adjacent to an activating group) is 1. The number of anilines is 1. The lowest BCUT2D eigenvalue weighted by Gasteiger charge is -2.31. The highest BCUT2D eigenvalue weighted by Crippen LogP contribution is 2.26. The van der Waals surface area contributed by atoms with Crippen LogP contribution in [0.15, 0.2) is 28.5 Å². The molecule has 1 unspecified atom stereocenters. The number of sulfonamides is 1. The van der Waals surface area contributed by atoms with Gasteiger partial charge >= 0.3 is 0 Å². The number of thiazole rings is 1. The standard InChI is InChI=1S/C17H22N4O4S2.ClH/c1-12-14(22)4-3-5-15(12)27(24,25)19-17-18-13(11-26-17)6-7-21-9-8-20(2)10-16(21)23;/h3-5,11-12H,6-10H2,1-2H3,(H,18,19);1H. The van der Waals surface area contributed by atoms with Gasteiger partial charge in [-0.15, -0.1) is 23.7 Å². The molecule has 11 heteroatoms. The highest BCUT2D eigenvalue weighted by molar-refractivity contribution is 7.96. The summed E-state index contributed by atoms with van der Waals surface area (Å²) in [6.45, 7) is 4.07. The summed E-state index contributed by atoms with van der Waals surface area (Å²) in [6.07, 6.45) is 4.80. The van der Waals surface area contributed by atoms with Crippen LogP contribution in [-0.2, 0) is 26.0 Å². The zero-order valence-corrected chi connectivity index (χ0v) is 18.1. The van der Waals surface area contributed by atoms with Crippen LogP contribution in [0.5, 0.6) is 0 Å². The molecule has 0 bridgehead atoms. The van der Waals surface area contributed by atoms with Crippen LogP contribution in [0.4, 0.5) is 5.13 Å². The van der Waals surface area contributed by atoms with E-state index < -0.39 is 15.9 Å². The van der Waals surface area contributed by atoms with Gasteiger partial charge in [0.25, 0.3) is 10.0 Å². The number of rotatable bonds is 6. The highest BCUT2D eigenvalue weighted by Gasteiger charge is 2.29. The molecule has 8 nitrogen and oxygen atoms in total. The second kappa shape index (κ2) is 9.17. The van der Waals surface area contributed by atoms with E-state index in [9.17, 15) is 18.0 Å². The number of amides is 1. The lowest BCUT2D eigenvalue weighted by Crippen LogP contribution is -2.49. The van der Waals surface area contributed by atoms with Crippen molar-refractivity contribution in [1.82, 2.24) is 14.8 Å². The zero-order chi connectivity index (χ0) is 19.6. The summed E-state index contributed by atoms with van der Waals surface area (Å²) in [4.78, 5) is 31.8. The molecule has 28 heavy (non-hydrogen) atoms. The molecule has 1 aromatic heterocycles. The molecule has 1 saturated heterocycles. The van der Waals surface area contributed by atoms with E-state index in [-0.39, 0.29) is 34.1 Å². The second-order valence-electron chi connectivity index (χ2n) is 6.67. The number of nitrogens with one attached hydrogen (secondary N) is 1. The molecule has 1 atom stereocenters. The molecule has 1 aromatic rings. The van der Waals surface area contributed by atoms with Crippen LogP contribution in [-0.4, -0.2) is 68.1 Å². The molecular formula is C17H23ClN4O4S2. The van der Waals surface area contributed by atoms with Crippen molar-refractivity contribution in [1.29, 1.82) is 0 Å². The van der Waals surface area contributed by atoms with E-state index in [2.05, 4.69) is 9.71 Å². The SMILES string of the molecule is CC1C(=O)C=CC=C1S(=O)(=O)Nc1nc(CCN2CCN(C)CC2=O)cs1.Cl. The molecule has 1 amide bonds. The van der Waals surface area contributed by atoms with Crippen molar-refractivity contribution in [2.45, 2.75) is 13.3 Å². The van der Waals surface area contributed by atoms with Gasteiger partial charge in [0.05, 0.1) is 23.1 Å². The van der Waals surface area contributed by atoms with Crippen molar-refractivity contribution in [2.75, 3.05) is 37.9 Å². The van der Waals surface area contributed by atoms with E-state index in [0.717, 1.165) is 12.2 Å². The van der Waals surface area contributed by atoms with E-state index in [4.69, 9.17) is 0 Å². The summed E-state index contributed by atoms with van der Waals surface area (Å²) in [7, 11) is -1.92. The molecule has 0 saturated carbocycles. The van der Waals surface area contributed by atoms with Gasteiger partial charge < -0.3 is 4.90 Å². The summed E-state index contributed by atoms with van der Waals surface area (Å²) in [5, 5.41) is 2.03. The normalized spacial score (nSPS) is 20.7. The Hall–Kier alpha value is -1.75. The first-order valence-corrected chi connectivity index (χ1v) is 11.0. The molecule has 1 N–H and O–H groups in total. The largest absolute Gasteiger partial charge is 0.340 e. The van der Waals surface area contributed by atoms with Crippen LogP contribution >= 0.6 is 23.7 Å². The minimum Gasteiger partial charge on any atom is -0.340 e. The van der Waals surface area contributed by atoms with Crippen LogP contribution in [0.2, 0.25) is 0 Å². The van der Waals surface area contributed by atoms with Crippen LogP contribution in [0, 0.1) is 5.92 Å². The maximum Gasteiger partial charge on any atom is 0.260 e. The van der Waals surface area contributed by atoms with Crippen LogP contribution in [0.3, 0.4) is 0 Å². The number of allylic oxidation sites excluding steroid dienone is 4. The second-order valence-corrected chi connectivity index (χ2v) is 9.21. The predicted molar refractivity (Wildman–Crippen MR) is 111 cm³/mol. The molecule has 0 aromatic carbocycles. The monoisotopic (exact) mass is 446 g/mol. The van der Waals surface area contributed by atoms with Gasteiger partial charge in [0, 0.05) is 31.4 Å². The van der Waals surface area contributed by atoms with E-state index in [1.165, 1.54) is 29.6 Å². The Balaban J connectivity index is 0.00000280. The molecule has 1 aliphatic heterocycles. The molecule has 1 aliphatic carbocycles. The van der Waals surface area contributed by atoms with Gasteiger partial charge in [0.2, 0.25) is 5.91 Å². The van der Waals surface area contributed by atoms with Gasteiger partial charge in [-0.1, -0.05) is 13.0 Å². The van der Waals surface area contributed by atoms with Crippen LogP contribution in [0.25, 0.3) is 0 Å². The molecular weight excluding hydrogens is 424 g/mol. The van der Waals surface area contributed by atoms with Crippen molar-refractivity contribution < 1.29 is 18.0 Å². The fourth-order valence-corrected chi connectivity index (χ4v) is 5.29. The fraction of sp³-hybridized carbons (Fsp3) is 0.471. The number of halogens is 1. The first-order valence-electron chi connectivity index (χ1n) is 8.62. The Morgan fingerprint density at radius 1 is 1.32 bits per heavy atom. The van der Waals surface area contributed by atoms with Crippen LogP contribution in [0.1, 0.15) is 12.6 Å². The minimum absolute atomic E-state index is 0. The van der Waals surface area contributed by atoms with Gasteiger partial charge in [0.1, 0.15) is 0 Å². The lowest BCUT2D eigenvalue weighted by atomic mass is 10.0. The smallest absolute Gasteiger partial charge is 0.260 e. The first kappa shape index (κ1) is 22.5. The summed E-state index contributed by atoms with van der Waals surface area (Å²) in [5.74, 6) is -0.861. The van der Waals surface area contributed by atoms with E-state index in [0.29, 0.717) is 26.1 Å². The van der Waals surface area contributed by atoms with Gasteiger partial charge in [0.15, 0.2) is 10.9 Å². The Kier molecular flexibility index (Phi) is 7.38. The van der Waals surface area contributed by atoms with Crippen LogP contribution < -0.4 is 4.72 Å². The molecule has 3 rings (SSSR count). The number of hydrogen-bond acceptors (Lipinski definition) is 7. The van der Waals surface area contributed by atoms with Gasteiger partial charge in [-0.05, 0) is 19.2 Å². The molecule has 2 heterocycles. The quantitative estimate of drug-likeness (QED) is 0.706. The number of nitrogens with zero attached hydrogens (tertiary/aromatic N) is 3. The molecule has 2 aliphatic rings. The summed E-state index contributed by atoms with van der Waals surface area (Å²) in [5.41, 5.74) is 0.728. The maximum absolute atomic E-state index is 12.5. The van der Waals surface area contributed by atoms with Crippen molar-refractivity contribution in [3.63, 3.8) is 0 Å². The number of carbonyl (C=O) groups is 2. The highest BCUT2D eigenvalue weighted by atomic mass is 35.5. The molecule has 0 spiro atoms. The Morgan fingerprint density at radius 2 is 2.07 bits per heavy atom. The number of piperazine rings is 1. The van der Waals surface area contributed by atoms with Crippen molar-refractivity contribution in [3.8, 4) is 0 Å². The summed E-state index contributed by atoms with van der Waals surface area (Å²) >= 11 is 1.19. The topological polar surface area (TPSA) is 99.7 Å². The lowest BCUT2D eigenvalue weighted by molar-refractivity contribution is -0.135. The maximum atomic E-state index is 12.5. The van der Waals surface area contributed by atoms with E-state index >= 15 is 0 Å². The van der Waals surface area contributed by atoms with E-state index in [1.54, 1.807) is 17.2 Å². The van der Waals surface area contributed by atoms with Gasteiger partial charge in [-0.2, -0.15) is 0 Å². The fourth-order valence-electron chi connectivity index (χ4n) is 2.94. The average Bonchev–Trinajstić information content (AvgIpc) is 3.03. The summed E-state index contributed by atoms with van der Waals surface area (Å²) < 4.78 is 27.5. The number of hydrogen-bond donors (Lipinski definition) is 1. The number of aromatic nitrogens is 1. The number of ketones is 1. The number of carbonyl (C=O) groups excluding carboxylic acids is 2. The third-order valence-corrected chi connectivity index (χ3v) is 7.11.